The van der Waals surface area contributed by atoms with Crippen molar-refractivity contribution < 1.29 is 27.5 Å². The van der Waals surface area contributed by atoms with Crippen molar-refractivity contribution in [1.29, 1.82) is 0 Å². The summed E-state index contributed by atoms with van der Waals surface area (Å²) >= 11 is 0. The molecule has 2 aromatic carbocycles. The van der Waals surface area contributed by atoms with Crippen LogP contribution in [0.3, 0.4) is 0 Å². The molecule has 2 amide bonds. The predicted octanol–water partition coefficient (Wildman–Crippen LogP) is 2.39. The molecule has 0 aromatic heterocycles. The van der Waals surface area contributed by atoms with Gasteiger partial charge in [0.15, 0.2) is 6.61 Å². The molecule has 0 bridgehead atoms. The Morgan fingerprint density at radius 2 is 1.61 bits per heavy atom. The standard InChI is InChI=1S/C23H25N3O6S/c27-21-15-26(20-8-4-3-7-19(20)24-21)22(28)16-32-23(29)17-9-11-18(12-10-17)33(30,31)25-13-5-1-2-6-14-25/h3-4,7-12H,1-2,5-6,13-16H2,(H,24,27). The second kappa shape index (κ2) is 9.72. The fraction of sp³-hybridized carbons (Fsp3) is 0.348. The quantitative estimate of drug-likeness (QED) is 0.670. The van der Waals surface area contributed by atoms with Crippen LogP contribution >= 0.6 is 0 Å². The molecule has 0 spiro atoms. The number of anilines is 2. The van der Waals surface area contributed by atoms with Crippen LogP contribution in [0.4, 0.5) is 11.4 Å². The number of nitrogens with one attached hydrogen (secondary N) is 1. The number of para-hydroxylation sites is 2. The molecule has 10 heteroatoms. The van der Waals surface area contributed by atoms with Gasteiger partial charge in [-0.3, -0.25) is 14.5 Å². The molecule has 0 radical (unpaired) electrons. The van der Waals surface area contributed by atoms with E-state index in [1.54, 1.807) is 24.3 Å². The van der Waals surface area contributed by atoms with Crippen molar-refractivity contribution in [3.63, 3.8) is 0 Å². The lowest BCUT2D eigenvalue weighted by Crippen LogP contribution is -2.44. The molecule has 1 saturated heterocycles. The molecule has 2 aliphatic rings. The molecule has 0 saturated carbocycles. The highest BCUT2D eigenvalue weighted by Gasteiger charge is 2.28. The van der Waals surface area contributed by atoms with E-state index in [1.165, 1.54) is 33.5 Å². The summed E-state index contributed by atoms with van der Waals surface area (Å²) in [6.07, 6.45) is 3.70. The predicted molar refractivity (Wildman–Crippen MR) is 121 cm³/mol. The highest BCUT2D eigenvalue weighted by Crippen LogP contribution is 2.29. The number of esters is 1. The minimum Gasteiger partial charge on any atom is -0.452 e. The monoisotopic (exact) mass is 471 g/mol. The first kappa shape index (κ1) is 22.9. The zero-order chi connectivity index (χ0) is 23.4. The maximum absolute atomic E-state index is 12.9. The van der Waals surface area contributed by atoms with E-state index in [4.69, 9.17) is 4.74 Å². The van der Waals surface area contributed by atoms with E-state index in [0.717, 1.165) is 25.7 Å². The Morgan fingerprint density at radius 1 is 0.939 bits per heavy atom. The lowest BCUT2D eigenvalue weighted by molar-refractivity contribution is -0.124. The number of fused-ring (bicyclic) bond motifs is 1. The fourth-order valence-corrected chi connectivity index (χ4v) is 5.46. The molecule has 1 N–H and O–H groups in total. The maximum Gasteiger partial charge on any atom is 0.338 e. The van der Waals surface area contributed by atoms with Crippen molar-refractivity contribution in [2.45, 2.75) is 30.6 Å². The van der Waals surface area contributed by atoms with Gasteiger partial charge in [0.2, 0.25) is 15.9 Å². The zero-order valence-electron chi connectivity index (χ0n) is 18.0. The Bertz CT molecular complexity index is 1150. The summed E-state index contributed by atoms with van der Waals surface area (Å²) in [6.45, 7) is 0.266. The largest absolute Gasteiger partial charge is 0.452 e. The Hall–Kier alpha value is -3.24. The van der Waals surface area contributed by atoms with Crippen LogP contribution in [0.1, 0.15) is 36.0 Å². The Labute approximate surface area is 192 Å². The van der Waals surface area contributed by atoms with Gasteiger partial charge in [-0.05, 0) is 49.2 Å². The molecule has 0 unspecified atom stereocenters. The van der Waals surface area contributed by atoms with Crippen molar-refractivity contribution in [1.82, 2.24) is 4.31 Å². The van der Waals surface area contributed by atoms with E-state index < -0.39 is 28.5 Å². The van der Waals surface area contributed by atoms with E-state index in [1.807, 2.05) is 0 Å². The summed E-state index contributed by atoms with van der Waals surface area (Å²) in [4.78, 5) is 38.3. The van der Waals surface area contributed by atoms with E-state index in [-0.39, 0.29) is 22.9 Å². The first-order valence-electron chi connectivity index (χ1n) is 10.8. The summed E-state index contributed by atoms with van der Waals surface area (Å²) in [7, 11) is -3.62. The van der Waals surface area contributed by atoms with Crippen molar-refractivity contribution in [3.05, 3.63) is 54.1 Å². The lowest BCUT2D eigenvalue weighted by atomic mass is 10.2. The normalized spacial score (nSPS) is 17.0. The number of carbonyl (C=O) groups is 3. The summed E-state index contributed by atoms with van der Waals surface area (Å²) in [5, 5.41) is 2.69. The molecule has 0 aliphatic carbocycles. The Kier molecular flexibility index (Phi) is 6.75. The second-order valence-corrected chi connectivity index (χ2v) is 9.90. The summed E-state index contributed by atoms with van der Waals surface area (Å²) in [6, 6.07) is 12.4. The smallest absolute Gasteiger partial charge is 0.338 e. The first-order chi connectivity index (χ1) is 15.9. The third-order valence-electron chi connectivity index (χ3n) is 5.69. The number of benzene rings is 2. The number of nitrogens with zero attached hydrogens (tertiary/aromatic N) is 2. The Morgan fingerprint density at radius 3 is 2.30 bits per heavy atom. The maximum atomic E-state index is 12.9. The first-order valence-corrected chi connectivity index (χ1v) is 12.3. The minimum absolute atomic E-state index is 0.118. The molecule has 2 heterocycles. The van der Waals surface area contributed by atoms with Crippen molar-refractivity contribution in [3.8, 4) is 0 Å². The molecule has 1 fully saturated rings. The van der Waals surface area contributed by atoms with E-state index >= 15 is 0 Å². The second-order valence-electron chi connectivity index (χ2n) is 7.96. The van der Waals surface area contributed by atoms with Crippen molar-refractivity contribution in [2.75, 3.05) is 36.5 Å². The number of hydrogen-bond donors (Lipinski definition) is 1. The van der Waals surface area contributed by atoms with Gasteiger partial charge in [0.25, 0.3) is 5.91 Å². The zero-order valence-corrected chi connectivity index (χ0v) is 18.8. The van der Waals surface area contributed by atoms with Crippen LogP contribution in [-0.4, -0.2) is 56.7 Å². The molecule has 4 rings (SSSR count). The number of carbonyl (C=O) groups excluding carboxylic acids is 3. The van der Waals surface area contributed by atoms with Crippen molar-refractivity contribution in [2.24, 2.45) is 0 Å². The molecule has 174 valence electrons. The molecule has 2 aromatic rings. The van der Waals surface area contributed by atoms with Crippen LogP contribution in [0.15, 0.2) is 53.4 Å². The highest BCUT2D eigenvalue weighted by molar-refractivity contribution is 7.89. The molecular formula is C23H25N3O6S. The summed E-state index contributed by atoms with van der Waals surface area (Å²) in [5.41, 5.74) is 1.17. The van der Waals surface area contributed by atoms with E-state index in [9.17, 15) is 22.8 Å². The molecule has 0 atom stereocenters. The molecule has 33 heavy (non-hydrogen) atoms. The van der Waals surface area contributed by atoms with Gasteiger partial charge in [-0.1, -0.05) is 25.0 Å². The van der Waals surface area contributed by atoms with Gasteiger partial charge >= 0.3 is 5.97 Å². The van der Waals surface area contributed by atoms with Gasteiger partial charge in [0.05, 0.1) is 21.8 Å². The topological polar surface area (TPSA) is 113 Å². The van der Waals surface area contributed by atoms with Gasteiger partial charge in [0.1, 0.15) is 6.54 Å². The molecule has 9 nitrogen and oxygen atoms in total. The van der Waals surface area contributed by atoms with Crippen molar-refractivity contribution >= 4 is 39.2 Å². The van der Waals surface area contributed by atoms with E-state index in [0.29, 0.717) is 24.5 Å². The van der Waals surface area contributed by atoms with Gasteiger partial charge in [-0.25, -0.2) is 13.2 Å². The number of rotatable bonds is 5. The third kappa shape index (κ3) is 5.07. The van der Waals surface area contributed by atoms with Crippen LogP contribution in [0.25, 0.3) is 0 Å². The van der Waals surface area contributed by atoms with Crippen LogP contribution in [0.2, 0.25) is 0 Å². The van der Waals surface area contributed by atoms with Crippen LogP contribution in [-0.2, 0) is 24.3 Å². The SMILES string of the molecule is O=C1CN(C(=O)COC(=O)c2ccc(S(=O)(=O)N3CCCCCC3)cc2)c2ccccc2N1. The third-order valence-corrected chi connectivity index (χ3v) is 7.60. The average Bonchev–Trinajstić information content (AvgIpc) is 3.12. The molecular weight excluding hydrogens is 446 g/mol. The van der Waals surface area contributed by atoms with Crippen LogP contribution < -0.4 is 10.2 Å². The van der Waals surface area contributed by atoms with E-state index in [2.05, 4.69) is 5.32 Å². The van der Waals surface area contributed by atoms with Gasteiger partial charge in [-0.2, -0.15) is 4.31 Å². The lowest BCUT2D eigenvalue weighted by Gasteiger charge is -2.28. The summed E-state index contributed by atoms with van der Waals surface area (Å²) < 4.78 is 32.3. The highest BCUT2D eigenvalue weighted by atomic mass is 32.2. The number of sulfonamides is 1. The van der Waals surface area contributed by atoms with Gasteiger partial charge in [-0.15, -0.1) is 0 Å². The van der Waals surface area contributed by atoms with Gasteiger partial charge < -0.3 is 10.1 Å². The molecule has 2 aliphatic heterocycles. The van der Waals surface area contributed by atoms with Crippen LogP contribution in [0.5, 0.6) is 0 Å². The Balaban J connectivity index is 1.39. The van der Waals surface area contributed by atoms with Gasteiger partial charge in [0, 0.05) is 13.1 Å². The summed E-state index contributed by atoms with van der Waals surface area (Å²) in [5.74, 6) is -1.63. The minimum atomic E-state index is -3.62. The number of hydrogen-bond acceptors (Lipinski definition) is 6. The number of amides is 2. The van der Waals surface area contributed by atoms with Crippen LogP contribution in [0, 0.1) is 0 Å². The fourth-order valence-electron chi connectivity index (χ4n) is 3.94. The number of ether oxygens (including phenoxy) is 1. The average molecular weight is 472 g/mol.